The highest BCUT2D eigenvalue weighted by Gasteiger charge is 2.31. The maximum absolute atomic E-state index is 14.1. The molecule has 2 radical (unpaired) electrons. The zero-order chi connectivity index (χ0) is 23.9. The third-order valence-corrected chi connectivity index (χ3v) is 8.17. The van der Waals surface area contributed by atoms with E-state index in [9.17, 15) is 12.8 Å². The molecule has 11 heteroatoms. The number of piperidine rings is 1. The first-order valence-corrected chi connectivity index (χ1v) is 12.6. The summed E-state index contributed by atoms with van der Waals surface area (Å²) in [5.74, 6) is -0.0719. The number of hydrogen-bond acceptors (Lipinski definition) is 5. The van der Waals surface area contributed by atoms with E-state index in [1.807, 2.05) is 24.3 Å². The van der Waals surface area contributed by atoms with Gasteiger partial charge in [-0.05, 0) is 36.5 Å². The molecule has 1 fully saturated rings. The SMILES string of the molecule is [B]c1cnn2c(NC3CCN(S(=O)(=O)c4ccccc4F)CC3)cc(-c3ccccc3Cl)nc12. The lowest BCUT2D eigenvalue weighted by molar-refractivity contribution is 0.328. The Balaban J connectivity index is 1.39. The van der Waals surface area contributed by atoms with Crippen molar-refractivity contribution in [2.24, 2.45) is 0 Å². The Labute approximate surface area is 203 Å². The number of rotatable bonds is 5. The molecule has 1 aliphatic rings. The third kappa shape index (κ3) is 4.17. The highest BCUT2D eigenvalue weighted by molar-refractivity contribution is 7.89. The second-order valence-corrected chi connectivity index (χ2v) is 10.4. The molecule has 2 aromatic carbocycles. The van der Waals surface area contributed by atoms with Crippen LogP contribution in [-0.2, 0) is 10.0 Å². The van der Waals surface area contributed by atoms with Crippen LogP contribution in [0.2, 0.25) is 5.02 Å². The summed E-state index contributed by atoms with van der Waals surface area (Å²) < 4.78 is 42.9. The molecule has 0 saturated carbocycles. The second-order valence-electron chi connectivity index (χ2n) is 8.09. The van der Waals surface area contributed by atoms with E-state index in [-0.39, 0.29) is 24.0 Å². The van der Waals surface area contributed by atoms with Gasteiger partial charge in [-0.25, -0.2) is 17.8 Å². The van der Waals surface area contributed by atoms with E-state index in [1.54, 1.807) is 10.6 Å². The van der Waals surface area contributed by atoms with Gasteiger partial charge < -0.3 is 5.32 Å². The van der Waals surface area contributed by atoms with Gasteiger partial charge in [-0.3, -0.25) is 0 Å². The van der Waals surface area contributed by atoms with Crippen molar-refractivity contribution in [3.8, 4) is 11.3 Å². The van der Waals surface area contributed by atoms with E-state index >= 15 is 0 Å². The first-order chi connectivity index (χ1) is 16.3. The molecule has 5 rings (SSSR count). The Morgan fingerprint density at radius 2 is 1.79 bits per heavy atom. The van der Waals surface area contributed by atoms with E-state index in [2.05, 4.69) is 15.4 Å². The van der Waals surface area contributed by atoms with Crippen molar-refractivity contribution < 1.29 is 12.8 Å². The molecular weight excluding hydrogens is 476 g/mol. The van der Waals surface area contributed by atoms with E-state index in [1.165, 1.54) is 28.7 Å². The minimum absolute atomic E-state index is 0.0257. The summed E-state index contributed by atoms with van der Waals surface area (Å²) in [6.07, 6.45) is 2.61. The molecule has 1 aliphatic heterocycles. The number of aromatic nitrogens is 3. The van der Waals surface area contributed by atoms with Crippen molar-refractivity contribution in [2.75, 3.05) is 18.4 Å². The number of anilines is 1. The molecule has 0 amide bonds. The Hall–Kier alpha value is -2.95. The Kier molecular flexibility index (Phi) is 6.05. The average Bonchev–Trinajstić information content (AvgIpc) is 3.21. The Morgan fingerprint density at radius 1 is 1.09 bits per heavy atom. The summed E-state index contributed by atoms with van der Waals surface area (Å²) in [4.78, 5) is 4.34. The van der Waals surface area contributed by atoms with E-state index in [0.29, 0.717) is 40.5 Å². The van der Waals surface area contributed by atoms with Gasteiger partial charge in [-0.2, -0.15) is 13.9 Å². The maximum atomic E-state index is 14.1. The second kappa shape index (κ2) is 9.01. The monoisotopic (exact) mass is 495 g/mol. The lowest BCUT2D eigenvalue weighted by atomic mass is 10.0. The number of fused-ring (bicyclic) bond motifs is 1. The summed E-state index contributed by atoms with van der Waals surface area (Å²) >= 11 is 6.39. The van der Waals surface area contributed by atoms with Gasteiger partial charge in [-0.15, -0.1) is 0 Å². The molecule has 0 atom stereocenters. The van der Waals surface area contributed by atoms with Gasteiger partial charge in [0, 0.05) is 42.0 Å². The molecule has 1 N–H and O–H groups in total. The van der Waals surface area contributed by atoms with Crippen molar-refractivity contribution in [1.29, 1.82) is 0 Å². The zero-order valence-corrected chi connectivity index (χ0v) is 19.6. The molecule has 3 heterocycles. The van der Waals surface area contributed by atoms with Gasteiger partial charge in [-0.1, -0.05) is 41.9 Å². The van der Waals surface area contributed by atoms with Crippen LogP contribution in [0, 0.1) is 5.82 Å². The van der Waals surface area contributed by atoms with Crippen LogP contribution >= 0.6 is 11.6 Å². The number of nitrogens with zero attached hydrogens (tertiary/aromatic N) is 4. The van der Waals surface area contributed by atoms with Gasteiger partial charge in [0.1, 0.15) is 24.4 Å². The maximum Gasteiger partial charge on any atom is 0.245 e. The van der Waals surface area contributed by atoms with Crippen LogP contribution in [0.1, 0.15) is 12.8 Å². The fourth-order valence-electron chi connectivity index (χ4n) is 4.13. The molecule has 0 bridgehead atoms. The first-order valence-electron chi connectivity index (χ1n) is 10.7. The summed E-state index contributed by atoms with van der Waals surface area (Å²) in [7, 11) is 2.19. The van der Waals surface area contributed by atoms with Crippen molar-refractivity contribution in [3.63, 3.8) is 0 Å². The lowest BCUT2D eigenvalue weighted by Gasteiger charge is -2.32. The Bertz CT molecular complexity index is 1470. The quantitative estimate of drug-likeness (QED) is 0.430. The minimum atomic E-state index is -3.90. The first kappa shape index (κ1) is 22.8. The molecule has 0 spiro atoms. The van der Waals surface area contributed by atoms with Crippen LogP contribution in [0.5, 0.6) is 0 Å². The summed E-state index contributed by atoms with van der Waals surface area (Å²) in [6, 6.07) is 14.7. The van der Waals surface area contributed by atoms with Gasteiger partial charge in [0.25, 0.3) is 0 Å². The van der Waals surface area contributed by atoms with Crippen LogP contribution in [0.15, 0.2) is 65.7 Å². The van der Waals surface area contributed by atoms with Crippen molar-refractivity contribution in [2.45, 2.75) is 23.8 Å². The molecule has 7 nitrogen and oxygen atoms in total. The van der Waals surface area contributed by atoms with Crippen LogP contribution in [0.25, 0.3) is 16.9 Å². The molecule has 2 aromatic heterocycles. The molecule has 172 valence electrons. The Morgan fingerprint density at radius 3 is 2.53 bits per heavy atom. The smallest absolute Gasteiger partial charge is 0.245 e. The van der Waals surface area contributed by atoms with E-state index in [4.69, 9.17) is 19.4 Å². The minimum Gasteiger partial charge on any atom is -0.367 e. The van der Waals surface area contributed by atoms with E-state index in [0.717, 1.165) is 11.6 Å². The summed E-state index contributed by atoms with van der Waals surface area (Å²) in [5.41, 5.74) is 2.34. The van der Waals surface area contributed by atoms with Gasteiger partial charge in [0.05, 0.1) is 5.69 Å². The number of halogens is 2. The third-order valence-electron chi connectivity index (χ3n) is 5.91. The van der Waals surface area contributed by atoms with Crippen LogP contribution in [-0.4, -0.2) is 54.3 Å². The van der Waals surface area contributed by atoms with Crippen molar-refractivity contribution in [3.05, 3.63) is 71.6 Å². The average molecular weight is 496 g/mol. The van der Waals surface area contributed by atoms with Crippen molar-refractivity contribution >= 4 is 46.4 Å². The zero-order valence-electron chi connectivity index (χ0n) is 18.0. The van der Waals surface area contributed by atoms with E-state index < -0.39 is 15.8 Å². The number of benzene rings is 2. The van der Waals surface area contributed by atoms with Gasteiger partial charge in [0.2, 0.25) is 10.0 Å². The molecule has 0 aliphatic carbocycles. The van der Waals surface area contributed by atoms with Gasteiger partial charge >= 0.3 is 0 Å². The molecule has 4 aromatic rings. The normalized spacial score (nSPS) is 15.6. The number of sulfonamides is 1. The fourth-order valence-corrected chi connectivity index (χ4v) is 5.90. The molecule has 34 heavy (non-hydrogen) atoms. The lowest BCUT2D eigenvalue weighted by Crippen LogP contribution is -2.42. The highest BCUT2D eigenvalue weighted by Crippen LogP contribution is 2.29. The number of nitrogens with one attached hydrogen (secondary N) is 1. The highest BCUT2D eigenvalue weighted by atomic mass is 35.5. The molecule has 1 saturated heterocycles. The van der Waals surface area contributed by atoms with Crippen LogP contribution < -0.4 is 10.8 Å². The summed E-state index contributed by atoms with van der Waals surface area (Å²) in [6.45, 7) is 0.530. The fraction of sp³-hybridized carbons (Fsp3) is 0.217. The van der Waals surface area contributed by atoms with Crippen LogP contribution in [0.4, 0.5) is 10.2 Å². The summed E-state index contributed by atoms with van der Waals surface area (Å²) in [5, 5.41) is 8.35. The standard InChI is InChI=1S/C23H20BClFN5O2S/c24-17-14-27-31-22(13-20(29-23(17)31)16-5-1-2-6-18(16)25)28-15-9-11-30(12-10-15)34(32,33)21-8-4-3-7-19(21)26/h1-8,13-15,28H,9-12H2. The van der Waals surface area contributed by atoms with Crippen LogP contribution in [0.3, 0.4) is 0 Å². The number of hydrogen-bond donors (Lipinski definition) is 1. The largest absolute Gasteiger partial charge is 0.367 e. The molecule has 0 unspecified atom stereocenters. The van der Waals surface area contributed by atoms with Gasteiger partial charge in [0.15, 0.2) is 5.65 Å². The predicted octanol–water partition coefficient (Wildman–Crippen LogP) is 3.25. The molecular formula is C23H20BClFN5O2S. The topological polar surface area (TPSA) is 79.6 Å². The predicted molar refractivity (Wildman–Crippen MR) is 131 cm³/mol. The van der Waals surface area contributed by atoms with Crippen molar-refractivity contribution in [1.82, 2.24) is 18.9 Å².